The lowest BCUT2D eigenvalue weighted by Crippen LogP contribution is -2.39. The summed E-state index contributed by atoms with van der Waals surface area (Å²) in [7, 11) is -1.79. The maximum Gasteiger partial charge on any atom is 0.488 e. The number of phenols is 1. The zero-order chi connectivity index (χ0) is 29.8. The molecule has 218 valence electrons. The number of hydrogen-bond donors (Lipinski definition) is 6. The molecule has 4 rings (SSSR count). The molecule has 1 aliphatic carbocycles. The van der Waals surface area contributed by atoms with Gasteiger partial charge in [0, 0.05) is 5.92 Å². The van der Waals surface area contributed by atoms with Crippen LogP contribution >= 0.6 is 0 Å². The Bertz CT molecular complexity index is 1360. The molecule has 1 aliphatic heterocycles. The van der Waals surface area contributed by atoms with E-state index in [9.17, 15) is 44.5 Å². The number of aliphatic hydroxyl groups is 3. The quantitative estimate of drug-likeness (QED) is 0.136. The highest BCUT2D eigenvalue weighted by atomic mass is 19.1. The van der Waals surface area contributed by atoms with Crippen LogP contribution < -0.4 is 10.4 Å². The van der Waals surface area contributed by atoms with Crippen molar-refractivity contribution >= 4 is 36.2 Å². The number of benzene rings is 2. The molecule has 1 heterocycles. The lowest BCUT2D eigenvalue weighted by atomic mass is 9.68. The predicted octanol–water partition coefficient (Wildman–Crippen LogP) is 1.64. The van der Waals surface area contributed by atoms with Gasteiger partial charge in [-0.05, 0) is 72.1 Å². The van der Waals surface area contributed by atoms with Crippen molar-refractivity contribution < 1.29 is 44.5 Å². The largest absolute Gasteiger partial charge is 0.505 e. The molecule has 6 N–H and O–H groups in total. The van der Waals surface area contributed by atoms with Gasteiger partial charge in [-0.1, -0.05) is 43.2 Å². The molecule has 2 aromatic carbocycles. The van der Waals surface area contributed by atoms with Crippen LogP contribution in [0, 0.1) is 23.6 Å². The van der Waals surface area contributed by atoms with Gasteiger partial charge in [-0.2, -0.15) is 0 Å². The number of hydrogen-bond acceptors (Lipinski definition) is 8. The maximum atomic E-state index is 13.8. The monoisotopic (exact) mass is 567 g/mol. The first kappa shape index (κ1) is 30.6. The number of carbonyl (C=O) groups excluding carboxylic acids is 2. The van der Waals surface area contributed by atoms with Crippen molar-refractivity contribution in [1.29, 1.82) is 0 Å². The third-order valence-electron chi connectivity index (χ3n) is 8.01. The molecule has 2 amide bonds. The summed E-state index contributed by atoms with van der Waals surface area (Å²) in [6, 6.07) is 9.87. The number of aromatic hydroxyl groups is 1. The first-order valence-electron chi connectivity index (χ1n) is 13.7. The van der Waals surface area contributed by atoms with E-state index in [2.05, 4.69) is 0 Å². The van der Waals surface area contributed by atoms with Crippen LogP contribution in [-0.4, -0.2) is 68.7 Å². The number of fused-ring (bicyclic) bond motifs is 1. The number of phenolic OH excluding ortho intramolecular Hbond substituents is 1. The molecule has 4 atom stereocenters. The molecule has 0 saturated carbocycles. The van der Waals surface area contributed by atoms with Gasteiger partial charge in [0.15, 0.2) is 11.6 Å². The number of carbonyl (C=O) groups is 2. The molecule has 9 nitrogen and oxygen atoms in total. The fourth-order valence-corrected chi connectivity index (χ4v) is 6.10. The summed E-state index contributed by atoms with van der Waals surface area (Å²) in [4.78, 5) is 28.0. The van der Waals surface area contributed by atoms with E-state index in [0.717, 1.165) is 16.9 Å². The average Bonchev–Trinajstić information content (AvgIpc) is 3.21. The van der Waals surface area contributed by atoms with Crippen molar-refractivity contribution in [2.75, 3.05) is 18.1 Å². The van der Waals surface area contributed by atoms with E-state index in [1.165, 1.54) is 36.4 Å². The molecule has 0 bridgehead atoms. The standard InChI is InChI=1S/C30H35BFNO8/c1-2-4-17(11-18-8-9-25(36)24(32)12-18)7-10-26(37)27-19(15-34)13-22-28(23(27)16-35)30(39)33(29(22)38)21-6-3-5-20(14-21)31(40)41/h3,5-6,8-9,11-12,14,22-23,26,28,34-37,40-41H,2,4,7,10,13,15-16H2,1H3/b17-11+/t22-,23+,26-,28-/m1/s1. The smallest absolute Gasteiger partial charge is 0.488 e. The number of halogens is 1. The van der Waals surface area contributed by atoms with Crippen molar-refractivity contribution in [3.63, 3.8) is 0 Å². The maximum absolute atomic E-state index is 13.8. The van der Waals surface area contributed by atoms with Crippen LogP contribution in [-0.2, 0) is 9.59 Å². The third kappa shape index (κ3) is 6.29. The molecule has 11 heteroatoms. The Hall–Kier alpha value is -3.35. The summed E-state index contributed by atoms with van der Waals surface area (Å²) in [6.45, 7) is 1.01. The molecule has 2 aliphatic rings. The highest BCUT2D eigenvalue weighted by molar-refractivity contribution is 6.58. The van der Waals surface area contributed by atoms with Gasteiger partial charge in [-0.3, -0.25) is 14.5 Å². The fourth-order valence-electron chi connectivity index (χ4n) is 6.10. The highest BCUT2D eigenvalue weighted by Crippen LogP contribution is 2.47. The van der Waals surface area contributed by atoms with Gasteiger partial charge in [0.25, 0.3) is 0 Å². The van der Waals surface area contributed by atoms with Crippen molar-refractivity contribution in [1.82, 2.24) is 0 Å². The zero-order valence-electron chi connectivity index (χ0n) is 22.8. The number of aliphatic hydroxyl groups excluding tert-OH is 3. The van der Waals surface area contributed by atoms with Gasteiger partial charge in [0.05, 0.1) is 36.8 Å². The van der Waals surface area contributed by atoms with Crippen molar-refractivity contribution in [3.05, 3.63) is 70.6 Å². The second kappa shape index (κ2) is 13.1. The summed E-state index contributed by atoms with van der Waals surface area (Å²) in [5, 5.41) is 60.5. The topological polar surface area (TPSA) is 159 Å². The number of anilines is 1. The molecule has 1 saturated heterocycles. The first-order valence-corrected chi connectivity index (χ1v) is 13.7. The second-order valence-corrected chi connectivity index (χ2v) is 10.6. The number of imide groups is 1. The van der Waals surface area contributed by atoms with E-state index in [0.29, 0.717) is 29.6 Å². The van der Waals surface area contributed by atoms with Crippen LogP contribution in [0.25, 0.3) is 6.08 Å². The summed E-state index contributed by atoms with van der Waals surface area (Å²) in [6.07, 6.45) is 2.84. The van der Waals surface area contributed by atoms with Gasteiger partial charge in [0.2, 0.25) is 11.8 Å². The third-order valence-corrected chi connectivity index (χ3v) is 8.01. The number of rotatable bonds is 11. The Morgan fingerprint density at radius 2 is 1.88 bits per heavy atom. The van der Waals surface area contributed by atoms with E-state index in [4.69, 9.17) is 0 Å². The summed E-state index contributed by atoms with van der Waals surface area (Å²) in [5.74, 6) is -4.96. The molecule has 0 aromatic heterocycles. The Balaban J connectivity index is 1.59. The summed E-state index contributed by atoms with van der Waals surface area (Å²) in [5.41, 5.74) is 2.53. The molecule has 1 fully saturated rings. The minimum atomic E-state index is -1.79. The van der Waals surface area contributed by atoms with E-state index in [1.807, 2.05) is 6.92 Å². The Kier molecular flexibility index (Phi) is 9.78. The van der Waals surface area contributed by atoms with Crippen molar-refractivity contribution in [2.45, 2.75) is 45.1 Å². The lowest BCUT2D eigenvalue weighted by Gasteiger charge is -2.36. The molecular formula is C30H35BFNO8. The molecule has 2 aromatic rings. The van der Waals surface area contributed by atoms with Crippen molar-refractivity contribution in [3.8, 4) is 5.75 Å². The van der Waals surface area contributed by atoms with Crippen LogP contribution in [0.2, 0.25) is 0 Å². The molecule has 41 heavy (non-hydrogen) atoms. The lowest BCUT2D eigenvalue weighted by molar-refractivity contribution is -0.123. The van der Waals surface area contributed by atoms with E-state index in [-0.39, 0.29) is 24.0 Å². The van der Waals surface area contributed by atoms with Gasteiger partial charge >= 0.3 is 7.12 Å². The molecule has 0 radical (unpaired) electrons. The first-order chi connectivity index (χ1) is 19.6. The van der Waals surface area contributed by atoms with Gasteiger partial charge < -0.3 is 30.5 Å². The zero-order valence-corrected chi connectivity index (χ0v) is 22.8. The van der Waals surface area contributed by atoms with E-state index < -0.39 is 67.6 Å². The van der Waals surface area contributed by atoms with Crippen LogP contribution in [0.3, 0.4) is 0 Å². The SMILES string of the molecule is CCC/C(=C\c1ccc(O)c(F)c1)CC[C@@H](O)C1=C(CO)C[C@H]2C(=O)N(c3cccc(B(O)O)c3)C(=O)[C@H]2[C@H]1CO. The average molecular weight is 567 g/mol. The minimum absolute atomic E-state index is 0.0396. The minimum Gasteiger partial charge on any atom is -0.505 e. The summed E-state index contributed by atoms with van der Waals surface area (Å²) >= 11 is 0. The predicted molar refractivity (Wildman–Crippen MR) is 151 cm³/mol. The van der Waals surface area contributed by atoms with Crippen LogP contribution in [0.5, 0.6) is 5.75 Å². The van der Waals surface area contributed by atoms with Gasteiger partial charge in [-0.25, -0.2) is 4.39 Å². The van der Waals surface area contributed by atoms with Crippen LogP contribution in [0.4, 0.5) is 10.1 Å². The van der Waals surface area contributed by atoms with Gasteiger partial charge in [0.1, 0.15) is 0 Å². The molecule has 0 spiro atoms. The van der Waals surface area contributed by atoms with Crippen molar-refractivity contribution in [2.24, 2.45) is 17.8 Å². The van der Waals surface area contributed by atoms with Crippen LogP contribution in [0.1, 0.15) is 44.6 Å². The fraction of sp³-hybridized carbons (Fsp3) is 0.400. The van der Waals surface area contributed by atoms with Gasteiger partial charge in [-0.15, -0.1) is 0 Å². The van der Waals surface area contributed by atoms with E-state index >= 15 is 0 Å². The molecular weight excluding hydrogens is 532 g/mol. The number of nitrogens with zero attached hydrogens (tertiary/aromatic N) is 1. The van der Waals surface area contributed by atoms with Crippen LogP contribution in [0.15, 0.2) is 59.2 Å². The van der Waals surface area contributed by atoms with E-state index in [1.54, 1.807) is 12.1 Å². The number of allylic oxidation sites excluding steroid dienone is 1. The normalized spacial score (nSPS) is 21.9. The molecule has 0 unspecified atom stereocenters. The highest BCUT2D eigenvalue weighted by Gasteiger charge is 2.55. The Morgan fingerprint density at radius 1 is 1.12 bits per heavy atom. The Morgan fingerprint density at radius 3 is 2.51 bits per heavy atom. The Labute approximate surface area is 238 Å². The second-order valence-electron chi connectivity index (χ2n) is 10.6. The summed E-state index contributed by atoms with van der Waals surface area (Å²) < 4.78 is 13.8. The number of amides is 2.